The monoisotopic (exact) mass is 1090 g/mol. The fraction of sp³-hybridized carbons (Fsp3) is 0.370. The van der Waals surface area contributed by atoms with Crippen molar-refractivity contribution in [2.24, 2.45) is 5.14 Å². The number of sulfonamides is 1. The number of hydrogen-bond acceptors (Lipinski definition) is 17. The summed E-state index contributed by atoms with van der Waals surface area (Å²) < 4.78 is 23.6. The Kier molecular flexibility index (Phi) is 24.0. The lowest BCUT2D eigenvalue weighted by atomic mass is 10.0. The topological polar surface area (TPSA) is 459 Å². The Labute approximate surface area is 432 Å². The third-order valence-electron chi connectivity index (χ3n) is 10.4. The van der Waals surface area contributed by atoms with E-state index in [1.54, 1.807) is 0 Å². The number of nitrogens with zero attached hydrogens (tertiary/aromatic N) is 4. The van der Waals surface area contributed by atoms with E-state index in [0.717, 1.165) is 19.6 Å². The Bertz CT molecular complexity index is 2600. The summed E-state index contributed by atoms with van der Waals surface area (Å²) in [6, 6.07) is 11.5. The molecule has 0 fully saturated rings. The van der Waals surface area contributed by atoms with Gasteiger partial charge in [0.1, 0.15) is 6.04 Å². The van der Waals surface area contributed by atoms with Gasteiger partial charge in [-0.3, -0.25) is 72.3 Å². The van der Waals surface area contributed by atoms with Crippen molar-refractivity contribution >= 4 is 75.5 Å². The summed E-state index contributed by atoms with van der Waals surface area (Å²) in [5, 5.41) is 88.4. The Balaban J connectivity index is 2.01. The van der Waals surface area contributed by atoms with Gasteiger partial charge in [-0.1, -0.05) is 24.3 Å². The lowest BCUT2D eigenvalue weighted by molar-refractivity contribution is -0.144. The van der Waals surface area contributed by atoms with Crippen molar-refractivity contribution in [2.75, 3.05) is 58.9 Å². The zero-order valence-corrected chi connectivity index (χ0v) is 41.1. The average molecular weight is 1090 g/mol. The Hall–Kier alpha value is -8.42. The maximum absolute atomic E-state index is 14.2. The molecule has 0 aromatic heterocycles. The zero-order chi connectivity index (χ0) is 56.9. The van der Waals surface area contributed by atoms with Crippen LogP contribution in [0.25, 0.3) is 0 Å². The highest BCUT2D eigenvalue weighted by atomic mass is 32.2. The van der Waals surface area contributed by atoms with Crippen molar-refractivity contribution in [1.82, 2.24) is 35.6 Å². The SMILES string of the molecule is NS(=O)(=O)c1ccc(CNC(=O)[C@H](CCCNC(=O)c2cc(CN(CC(=O)O)CC(=O)O)cc(CN(CC(=O)O)CC(=O)O)c2)NC(=O)c2cc(CN(CC(=O)O)CC(=O)O)cc(CN(CC(=O)O)CC(=O)O)c2)cc1. The van der Waals surface area contributed by atoms with Crippen LogP contribution < -0.4 is 21.1 Å². The first-order valence-corrected chi connectivity index (χ1v) is 24.0. The Morgan fingerprint density at radius 1 is 0.447 bits per heavy atom. The average Bonchev–Trinajstić information content (AvgIpc) is 3.26. The second-order valence-electron chi connectivity index (χ2n) is 17.1. The van der Waals surface area contributed by atoms with Gasteiger partial charge in [-0.05, 0) is 77.1 Å². The van der Waals surface area contributed by atoms with Crippen LogP contribution >= 0.6 is 0 Å². The van der Waals surface area contributed by atoms with Gasteiger partial charge in [-0.25, -0.2) is 13.6 Å². The van der Waals surface area contributed by atoms with Gasteiger partial charge in [0.05, 0.1) is 57.3 Å². The number of carbonyl (C=O) groups is 11. The van der Waals surface area contributed by atoms with Gasteiger partial charge in [0.15, 0.2) is 0 Å². The van der Waals surface area contributed by atoms with Crippen molar-refractivity contribution in [2.45, 2.75) is 56.5 Å². The lowest BCUT2D eigenvalue weighted by Gasteiger charge is -2.22. The summed E-state index contributed by atoms with van der Waals surface area (Å²) in [6.07, 6.45) is -0.297. The molecule has 412 valence electrons. The van der Waals surface area contributed by atoms with Gasteiger partial charge >= 0.3 is 47.8 Å². The van der Waals surface area contributed by atoms with Crippen LogP contribution in [-0.4, -0.2) is 199 Å². The van der Waals surface area contributed by atoms with Crippen molar-refractivity contribution in [3.8, 4) is 0 Å². The predicted octanol–water partition coefficient (Wildman–Crippen LogP) is -2.16. The maximum atomic E-state index is 14.2. The molecular formula is C46H56N8O21S. The summed E-state index contributed by atoms with van der Waals surface area (Å²) in [7, 11) is -4.07. The highest BCUT2D eigenvalue weighted by molar-refractivity contribution is 7.89. The number of carbonyl (C=O) groups excluding carboxylic acids is 3. The fourth-order valence-corrected chi connectivity index (χ4v) is 8.13. The summed E-state index contributed by atoms with van der Waals surface area (Å²) in [4.78, 5) is 138. The number of amides is 3. The van der Waals surface area contributed by atoms with Crippen molar-refractivity contribution < 1.29 is 102 Å². The van der Waals surface area contributed by atoms with E-state index in [0.29, 0.717) is 5.56 Å². The summed E-state index contributed by atoms with van der Waals surface area (Å²) >= 11 is 0. The summed E-state index contributed by atoms with van der Waals surface area (Å²) in [6.45, 7) is -7.92. The molecule has 0 saturated carbocycles. The van der Waals surface area contributed by atoms with E-state index in [1.165, 1.54) is 60.7 Å². The van der Waals surface area contributed by atoms with Gasteiger partial charge in [-0.15, -0.1) is 0 Å². The molecule has 0 radical (unpaired) electrons. The third kappa shape index (κ3) is 23.6. The number of hydrogen-bond donors (Lipinski definition) is 12. The van der Waals surface area contributed by atoms with E-state index in [2.05, 4.69) is 16.0 Å². The standard InChI is InChI=1S/C46H56N8O21S/c47-76(74,75)34-5-3-27(4-6-34)14-49-46(73)35(50-45(72)33-12-30(17-53(23-40(63)64)24-41(65)66)9-31(13-33)18-54(25-42(67)68)26-43(69)70)2-1-7-48-44(71)32-10-28(15-51(19-36(55)56)20-37(57)58)8-29(11-32)16-52(21-38(59)60)22-39(61)62/h3-6,8-13,35H,1-2,7,14-26H2,(H,48,71)(H,49,73)(H,50,72)(H,55,56)(H,57,58)(H,59,60)(H,61,62)(H,63,64)(H,65,66)(H,67,68)(H,69,70)(H2,47,74,75)/t35-/m0/s1. The van der Waals surface area contributed by atoms with Gasteiger partial charge in [0, 0.05) is 50.4 Å². The van der Waals surface area contributed by atoms with Crippen LogP contribution in [0.3, 0.4) is 0 Å². The molecule has 29 nitrogen and oxygen atoms in total. The molecule has 3 aromatic carbocycles. The lowest BCUT2D eigenvalue weighted by Crippen LogP contribution is -2.47. The first-order chi connectivity index (χ1) is 35.5. The normalized spacial score (nSPS) is 11.8. The van der Waals surface area contributed by atoms with Crippen LogP contribution in [0.4, 0.5) is 0 Å². The fourth-order valence-electron chi connectivity index (χ4n) is 7.62. The molecule has 0 unspecified atom stereocenters. The van der Waals surface area contributed by atoms with Crippen LogP contribution in [0.15, 0.2) is 65.6 Å². The predicted molar refractivity (Wildman–Crippen MR) is 258 cm³/mol. The zero-order valence-electron chi connectivity index (χ0n) is 40.3. The second-order valence-corrected chi connectivity index (χ2v) is 18.7. The molecular weight excluding hydrogens is 1030 g/mol. The largest absolute Gasteiger partial charge is 0.480 e. The minimum atomic E-state index is -4.07. The molecule has 0 bridgehead atoms. The number of carboxylic acids is 8. The maximum Gasteiger partial charge on any atom is 0.317 e. The molecule has 13 N–H and O–H groups in total. The molecule has 76 heavy (non-hydrogen) atoms. The van der Waals surface area contributed by atoms with Crippen LogP contribution in [0.5, 0.6) is 0 Å². The highest BCUT2D eigenvalue weighted by Gasteiger charge is 2.25. The first kappa shape index (κ1) is 61.9. The molecule has 0 heterocycles. The molecule has 0 aliphatic carbocycles. The van der Waals surface area contributed by atoms with E-state index < -0.39 is 147 Å². The second kappa shape index (κ2) is 29.5. The van der Waals surface area contributed by atoms with Crippen molar-refractivity contribution in [3.63, 3.8) is 0 Å². The quantitative estimate of drug-likeness (QED) is 0.0279. The molecule has 3 aromatic rings. The minimum Gasteiger partial charge on any atom is -0.480 e. The number of nitrogens with two attached hydrogens (primary N) is 1. The van der Waals surface area contributed by atoms with Crippen molar-refractivity contribution in [3.05, 3.63) is 99.6 Å². The molecule has 0 saturated heterocycles. The third-order valence-corrected chi connectivity index (χ3v) is 11.4. The number of benzene rings is 3. The molecule has 1 atom stereocenters. The van der Waals surface area contributed by atoms with E-state index in [1.807, 2.05) is 0 Å². The molecule has 0 aliphatic rings. The van der Waals surface area contributed by atoms with E-state index in [-0.39, 0.29) is 77.3 Å². The number of carboxylic acid groups (broad SMARTS) is 8. The highest BCUT2D eigenvalue weighted by Crippen LogP contribution is 2.19. The van der Waals surface area contributed by atoms with Gasteiger partial charge in [0.25, 0.3) is 11.8 Å². The number of primary sulfonamides is 1. The van der Waals surface area contributed by atoms with E-state index in [4.69, 9.17) is 5.14 Å². The number of nitrogens with one attached hydrogen (secondary N) is 3. The van der Waals surface area contributed by atoms with Crippen LogP contribution in [0, 0.1) is 0 Å². The first-order valence-electron chi connectivity index (χ1n) is 22.4. The van der Waals surface area contributed by atoms with Crippen LogP contribution in [0.1, 0.15) is 61.4 Å². The van der Waals surface area contributed by atoms with E-state index >= 15 is 0 Å². The smallest absolute Gasteiger partial charge is 0.317 e. The molecule has 0 aliphatic heterocycles. The van der Waals surface area contributed by atoms with Gasteiger partial charge in [0.2, 0.25) is 15.9 Å². The number of rotatable bonds is 35. The van der Waals surface area contributed by atoms with Crippen LogP contribution in [0.2, 0.25) is 0 Å². The molecule has 30 heteroatoms. The Morgan fingerprint density at radius 2 is 0.763 bits per heavy atom. The van der Waals surface area contributed by atoms with Crippen molar-refractivity contribution in [1.29, 1.82) is 0 Å². The summed E-state index contributed by atoms with van der Waals surface area (Å²) in [5.74, 6) is -13.7. The summed E-state index contributed by atoms with van der Waals surface area (Å²) in [5.41, 5.74) is 0.694. The molecule has 0 spiro atoms. The molecule has 3 rings (SSSR count). The number of aliphatic carboxylic acids is 8. The van der Waals surface area contributed by atoms with Gasteiger partial charge in [-0.2, -0.15) is 0 Å². The van der Waals surface area contributed by atoms with E-state index in [9.17, 15) is 102 Å². The van der Waals surface area contributed by atoms with Gasteiger partial charge < -0.3 is 56.8 Å². The Morgan fingerprint density at radius 3 is 1.07 bits per heavy atom. The van der Waals surface area contributed by atoms with Crippen LogP contribution in [-0.2, 0) is 85.9 Å². The molecule has 3 amide bonds. The minimum absolute atomic E-state index is 0.0698.